The van der Waals surface area contributed by atoms with Crippen LogP contribution in [0.15, 0.2) is 36.5 Å². The Labute approximate surface area is 121 Å². The van der Waals surface area contributed by atoms with Gasteiger partial charge in [-0.2, -0.15) is 0 Å². The monoisotopic (exact) mass is 286 g/mol. The van der Waals surface area contributed by atoms with Gasteiger partial charge in [0.25, 0.3) is 5.91 Å². The third-order valence-electron chi connectivity index (χ3n) is 3.10. The number of carbonyl (C=O) groups is 1. The predicted molar refractivity (Wildman–Crippen MR) is 74.5 cm³/mol. The molecule has 0 fully saturated rings. The zero-order valence-electron chi connectivity index (χ0n) is 11.5. The molecule has 0 saturated carbocycles. The van der Waals surface area contributed by atoms with Crippen molar-refractivity contribution in [3.05, 3.63) is 47.7 Å². The molecule has 1 aliphatic rings. The lowest BCUT2D eigenvalue weighted by molar-refractivity contribution is 0.0950. The van der Waals surface area contributed by atoms with E-state index in [2.05, 4.69) is 10.3 Å². The van der Waals surface area contributed by atoms with Gasteiger partial charge in [0.2, 0.25) is 12.7 Å². The van der Waals surface area contributed by atoms with Gasteiger partial charge in [0.05, 0.1) is 7.11 Å². The van der Waals surface area contributed by atoms with Gasteiger partial charge >= 0.3 is 0 Å². The zero-order chi connectivity index (χ0) is 14.7. The fourth-order valence-electron chi connectivity index (χ4n) is 2.00. The summed E-state index contributed by atoms with van der Waals surface area (Å²) in [6, 6.07) is 8.81. The van der Waals surface area contributed by atoms with Crippen molar-refractivity contribution < 1.29 is 19.0 Å². The Morgan fingerprint density at radius 1 is 1.29 bits per heavy atom. The normalized spacial score (nSPS) is 12.0. The Morgan fingerprint density at radius 2 is 2.14 bits per heavy atom. The van der Waals surface area contributed by atoms with Crippen molar-refractivity contribution in [2.45, 2.75) is 6.54 Å². The first kappa shape index (κ1) is 13.2. The average Bonchev–Trinajstić information content (AvgIpc) is 3.00. The van der Waals surface area contributed by atoms with Crippen molar-refractivity contribution in [1.29, 1.82) is 0 Å². The number of nitrogens with zero attached hydrogens (tertiary/aromatic N) is 1. The molecule has 0 aliphatic carbocycles. The molecule has 2 aromatic rings. The van der Waals surface area contributed by atoms with Crippen LogP contribution in [0.25, 0.3) is 0 Å². The second kappa shape index (κ2) is 5.70. The maximum atomic E-state index is 12.1. The van der Waals surface area contributed by atoms with Crippen LogP contribution >= 0.6 is 0 Å². The topological polar surface area (TPSA) is 69.7 Å². The van der Waals surface area contributed by atoms with E-state index in [9.17, 15) is 4.79 Å². The number of carbonyl (C=O) groups excluding carboxylic acids is 1. The van der Waals surface area contributed by atoms with E-state index in [0.717, 1.165) is 11.3 Å². The molecule has 108 valence electrons. The molecule has 0 radical (unpaired) electrons. The van der Waals surface area contributed by atoms with Gasteiger partial charge in [-0.3, -0.25) is 4.79 Å². The van der Waals surface area contributed by atoms with Crippen LogP contribution in [0.5, 0.6) is 17.4 Å². The van der Waals surface area contributed by atoms with Crippen LogP contribution < -0.4 is 19.5 Å². The fraction of sp³-hybridized carbons (Fsp3) is 0.200. The molecule has 1 aliphatic heterocycles. The zero-order valence-corrected chi connectivity index (χ0v) is 11.5. The number of hydrogen-bond donors (Lipinski definition) is 1. The number of aromatic nitrogens is 1. The molecule has 0 unspecified atom stereocenters. The van der Waals surface area contributed by atoms with E-state index >= 15 is 0 Å². The highest BCUT2D eigenvalue weighted by molar-refractivity contribution is 5.94. The Hall–Kier alpha value is -2.76. The molecule has 6 heteroatoms. The Balaban J connectivity index is 1.65. The van der Waals surface area contributed by atoms with Crippen LogP contribution in [0.1, 0.15) is 15.9 Å². The summed E-state index contributed by atoms with van der Waals surface area (Å²) in [6.07, 6.45) is 1.54. The molecule has 21 heavy (non-hydrogen) atoms. The molecule has 0 atom stereocenters. The summed E-state index contributed by atoms with van der Waals surface area (Å²) in [6.45, 7) is 0.641. The van der Waals surface area contributed by atoms with E-state index < -0.39 is 0 Å². The standard InChI is InChI=1S/C15H14N2O4/c1-19-14-7-11(4-5-16-14)15(18)17-8-10-2-3-12-13(6-10)21-9-20-12/h2-7H,8-9H2,1H3,(H,17,18). The minimum Gasteiger partial charge on any atom is -0.481 e. The van der Waals surface area contributed by atoms with E-state index in [1.165, 1.54) is 13.3 Å². The van der Waals surface area contributed by atoms with E-state index in [4.69, 9.17) is 14.2 Å². The van der Waals surface area contributed by atoms with Gasteiger partial charge in [0.15, 0.2) is 11.5 Å². The highest BCUT2D eigenvalue weighted by Gasteiger charge is 2.13. The third-order valence-corrected chi connectivity index (χ3v) is 3.10. The summed E-state index contributed by atoms with van der Waals surface area (Å²) in [5.74, 6) is 1.65. The first-order chi connectivity index (χ1) is 10.3. The van der Waals surface area contributed by atoms with Crippen molar-refractivity contribution in [2.24, 2.45) is 0 Å². The number of benzene rings is 1. The fourth-order valence-corrected chi connectivity index (χ4v) is 2.00. The first-order valence-electron chi connectivity index (χ1n) is 6.43. The maximum absolute atomic E-state index is 12.1. The van der Waals surface area contributed by atoms with Gasteiger partial charge in [-0.05, 0) is 23.8 Å². The van der Waals surface area contributed by atoms with E-state index in [0.29, 0.717) is 23.7 Å². The molecule has 0 spiro atoms. The van der Waals surface area contributed by atoms with Gasteiger partial charge in [-0.15, -0.1) is 0 Å². The molecular formula is C15H14N2O4. The number of pyridine rings is 1. The lowest BCUT2D eigenvalue weighted by Crippen LogP contribution is -2.22. The van der Waals surface area contributed by atoms with Crippen molar-refractivity contribution in [3.8, 4) is 17.4 Å². The molecular weight excluding hydrogens is 272 g/mol. The number of rotatable bonds is 4. The second-order valence-corrected chi connectivity index (χ2v) is 4.46. The smallest absolute Gasteiger partial charge is 0.251 e. The molecule has 3 rings (SSSR count). The van der Waals surface area contributed by atoms with Gasteiger partial charge in [0, 0.05) is 24.4 Å². The minimum absolute atomic E-state index is 0.187. The number of nitrogens with one attached hydrogen (secondary N) is 1. The highest BCUT2D eigenvalue weighted by Crippen LogP contribution is 2.32. The molecule has 1 amide bonds. The molecule has 0 saturated heterocycles. The van der Waals surface area contributed by atoms with E-state index in [-0.39, 0.29) is 12.7 Å². The predicted octanol–water partition coefficient (Wildman–Crippen LogP) is 1.75. The van der Waals surface area contributed by atoms with Gasteiger partial charge in [0.1, 0.15) is 0 Å². The Kier molecular flexibility index (Phi) is 3.59. The van der Waals surface area contributed by atoms with E-state index in [1.54, 1.807) is 12.1 Å². The molecule has 0 bridgehead atoms. The molecule has 2 heterocycles. The van der Waals surface area contributed by atoms with Crippen LogP contribution in [0.4, 0.5) is 0 Å². The lowest BCUT2D eigenvalue weighted by Gasteiger charge is -2.07. The quantitative estimate of drug-likeness (QED) is 0.927. The van der Waals surface area contributed by atoms with Crippen molar-refractivity contribution in [3.63, 3.8) is 0 Å². The maximum Gasteiger partial charge on any atom is 0.251 e. The highest BCUT2D eigenvalue weighted by atomic mass is 16.7. The average molecular weight is 286 g/mol. The summed E-state index contributed by atoms with van der Waals surface area (Å²) in [5.41, 5.74) is 1.44. The number of hydrogen-bond acceptors (Lipinski definition) is 5. The van der Waals surface area contributed by atoms with Gasteiger partial charge in [-0.25, -0.2) is 4.98 Å². The van der Waals surface area contributed by atoms with Crippen LogP contribution in [0, 0.1) is 0 Å². The number of ether oxygens (including phenoxy) is 3. The molecule has 6 nitrogen and oxygen atoms in total. The molecule has 1 aromatic heterocycles. The summed E-state index contributed by atoms with van der Waals surface area (Å²) in [7, 11) is 1.51. The van der Waals surface area contributed by atoms with E-state index in [1.807, 2.05) is 18.2 Å². The minimum atomic E-state index is -0.187. The third kappa shape index (κ3) is 2.89. The number of methoxy groups -OCH3 is 1. The Morgan fingerprint density at radius 3 is 3.00 bits per heavy atom. The summed E-state index contributed by atoms with van der Waals surface area (Å²) in [4.78, 5) is 16.0. The summed E-state index contributed by atoms with van der Waals surface area (Å²) >= 11 is 0. The summed E-state index contributed by atoms with van der Waals surface area (Å²) in [5, 5.41) is 2.84. The van der Waals surface area contributed by atoms with Crippen LogP contribution in [0.3, 0.4) is 0 Å². The number of fused-ring (bicyclic) bond motifs is 1. The van der Waals surface area contributed by atoms with Crippen molar-refractivity contribution in [1.82, 2.24) is 10.3 Å². The van der Waals surface area contributed by atoms with Gasteiger partial charge < -0.3 is 19.5 Å². The SMILES string of the molecule is COc1cc(C(=O)NCc2ccc3c(c2)OCO3)ccn1. The van der Waals surface area contributed by atoms with Crippen LogP contribution in [-0.4, -0.2) is 24.8 Å². The Bertz CT molecular complexity index is 672. The number of amides is 1. The van der Waals surface area contributed by atoms with Crippen molar-refractivity contribution >= 4 is 5.91 Å². The summed E-state index contributed by atoms with van der Waals surface area (Å²) < 4.78 is 15.5. The lowest BCUT2D eigenvalue weighted by atomic mass is 10.2. The molecule has 1 aromatic carbocycles. The van der Waals surface area contributed by atoms with Crippen molar-refractivity contribution in [2.75, 3.05) is 13.9 Å². The second-order valence-electron chi connectivity index (χ2n) is 4.46. The first-order valence-corrected chi connectivity index (χ1v) is 6.43. The molecule has 1 N–H and O–H groups in total. The van der Waals surface area contributed by atoms with Crippen LogP contribution in [-0.2, 0) is 6.54 Å². The largest absolute Gasteiger partial charge is 0.481 e. The van der Waals surface area contributed by atoms with Gasteiger partial charge in [-0.1, -0.05) is 6.07 Å². The van der Waals surface area contributed by atoms with Crippen LogP contribution in [0.2, 0.25) is 0 Å².